The summed E-state index contributed by atoms with van der Waals surface area (Å²) in [4.78, 5) is 34.8. The number of anilines is 1. The van der Waals surface area contributed by atoms with Crippen molar-refractivity contribution in [3.8, 4) is 11.8 Å². The zero-order valence-corrected chi connectivity index (χ0v) is 23.7. The molecular weight excluding hydrogens is 704 g/mol. The van der Waals surface area contributed by atoms with E-state index in [9.17, 15) is 25.0 Å². The van der Waals surface area contributed by atoms with Gasteiger partial charge in [0.1, 0.15) is 24.0 Å². The number of hydrogen-bond acceptors (Lipinski definition) is 7. The highest BCUT2D eigenvalue weighted by molar-refractivity contribution is 14.1. The largest absolute Gasteiger partial charge is 0.487 e. The number of halogens is 2. The average molecular weight is 723 g/mol. The van der Waals surface area contributed by atoms with E-state index in [0.29, 0.717) is 22.6 Å². The number of carbonyl (C=O) groups is 2. The molecule has 37 heavy (non-hydrogen) atoms. The van der Waals surface area contributed by atoms with Gasteiger partial charge in [-0.1, -0.05) is 0 Å². The van der Waals surface area contributed by atoms with Gasteiger partial charge in [0.25, 0.3) is 11.6 Å². The number of benzene rings is 3. The van der Waals surface area contributed by atoms with Crippen LogP contribution in [0.25, 0.3) is 6.08 Å². The van der Waals surface area contributed by atoms with Crippen LogP contribution < -0.4 is 10.1 Å². The lowest BCUT2D eigenvalue weighted by molar-refractivity contribution is -0.384. The monoisotopic (exact) mass is 723 g/mol. The fourth-order valence-electron chi connectivity index (χ4n) is 3.09. The van der Waals surface area contributed by atoms with Crippen LogP contribution in [0, 0.1) is 28.6 Å². The molecule has 0 atom stereocenters. The Kier molecular flexibility index (Phi) is 9.98. The molecule has 0 bridgehead atoms. The first-order valence-corrected chi connectivity index (χ1v) is 12.9. The number of rotatable bonds is 9. The molecule has 188 valence electrons. The minimum Gasteiger partial charge on any atom is -0.487 e. The van der Waals surface area contributed by atoms with Gasteiger partial charge in [0.05, 0.1) is 24.2 Å². The first-order chi connectivity index (χ1) is 17.7. The predicted octanol–water partition coefficient (Wildman–Crippen LogP) is 6.11. The van der Waals surface area contributed by atoms with Gasteiger partial charge in [-0.3, -0.25) is 14.9 Å². The number of ether oxygens (including phenoxy) is 2. The molecule has 9 nitrogen and oxygen atoms in total. The number of nitro groups is 1. The second-order valence-corrected chi connectivity index (χ2v) is 9.77. The maximum absolute atomic E-state index is 12.7. The molecule has 0 radical (unpaired) electrons. The molecule has 3 aromatic carbocycles. The second kappa shape index (κ2) is 13.2. The highest BCUT2D eigenvalue weighted by Crippen LogP contribution is 2.31. The third kappa shape index (κ3) is 7.73. The number of non-ortho nitro benzene ring substituents is 1. The van der Waals surface area contributed by atoms with Crippen LogP contribution in [0.15, 0.2) is 66.2 Å². The molecule has 0 aliphatic rings. The van der Waals surface area contributed by atoms with Crippen molar-refractivity contribution in [2.45, 2.75) is 13.5 Å². The van der Waals surface area contributed by atoms with E-state index in [1.807, 2.05) is 6.07 Å². The van der Waals surface area contributed by atoms with E-state index >= 15 is 0 Å². The quantitative estimate of drug-likeness (QED) is 0.0705. The van der Waals surface area contributed by atoms with Crippen LogP contribution in [0.5, 0.6) is 5.75 Å². The van der Waals surface area contributed by atoms with E-state index < -0.39 is 16.8 Å². The maximum Gasteiger partial charge on any atom is 0.338 e. The third-order valence-corrected chi connectivity index (χ3v) is 6.48. The standard InChI is InChI=1S/C26H19I2N3O6/c1-2-36-26(33)18-5-7-20(8-6-18)30-25(32)19(14-29)11-17-12-22(27)24(23(28)13-17)37-15-16-3-9-21(10-4-16)31(34)35/h3-13H,2,15H2,1H3,(H,30,32)/b19-11+. The third-order valence-electron chi connectivity index (χ3n) is 4.88. The summed E-state index contributed by atoms with van der Waals surface area (Å²) in [6.07, 6.45) is 1.48. The van der Waals surface area contributed by atoms with Gasteiger partial charge in [0.2, 0.25) is 0 Å². The first kappa shape index (κ1) is 28.1. The van der Waals surface area contributed by atoms with Gasteiger partial charge in [-0.05, 0) is 118 Å². The zero-order valence-electron chi connectivity index (χ0n) is 19.4. The molecule has 0 spiro atoms. The van der Waals surface area contributed by atoms with Crippen molar-refractivity contribution < 1.29 is 24.0 Å². The zero-order chi connectivity index (χ0) is 26.9. The number of nitro benzene ring substituents is 1. The van der Waals surface area contributed by atoms with Crippen molar-refractivity contribution in [3.63, 3.8) is 0 Å². The highest BCUT2D eigenvalue weighted by atomic mass is 127. The molecule has 1 N–H and O–H groups in total. The van der Waals surface area contributed by atoms with Crippen LogP contribution in [0.2, 0.25) is 0 Å². The van der Waals surface area contributed by atoms with E-state index in [0.717, 1.165) is 12.7 Å². The Morgan fingerprint density at radius 3 is 2.24 bits per heavy atom. The van der Waals surface area contributed by atoms with Crippen molar-refractivity contribution in [2.24, 2.45) is 0 Å². The molecule has 0 saturated carbocycles. The molecule has 0 aromatic heterocycles. The predicted molar refractivity (Wildman–Crippen MR) is 154 cm³/mol. The van der Waals surface area contributed by atoms with Crippen molar-refractivity contribution in [2.75, 3.05) is 11.9 Å². The van der Waals surface area contributed by atoms with Gasteiger partial charge in [-0.15, -0.1) is 0 Å². The minimum absolute atomic E-state index is 0.00933. The lowest BCUT2D eigenvalue weighted by Crippen LogP contribution is -2.13. The van der Waals surface area contributed by atoms with Crippen LogP contribution in [-0.2, 0) is 16.1 Å². The number of nitrogens with zero attached hydrogens (tertiary/aromatic N) is 2. The minimum atomic E-state index is -0.588. The topological polar surface area (TPSA) is 132 Å². The van der Waals surface area contributed by atoms with Crippen molar-refractivity contribution in [3.05, 3.63) is 100 Å². The molecule has 11 heteroatoms. The van der Waals surface area contributed by atoms with Crippen LogP contribution in [0.3, 0.4) is 0 Å². The number of hydrogen-bond donors (Lipinski definition) is 1. The summed E-state index contributed by atoms with van der Waals surface area (Å²) in [5, 5.41) is 23.0. The molecule has 0 aliphatic heterocycles. The van der Waals surface area contributed by atoms with Crippen LogP contribution in [0.4, 0.5) is 11.4 Å². The summed E-state index contributed by atoms with van der Waals surface area (Å²) in [5.41, 5.74) is 2.12. The molecule has 1 amide bonds. The maximum atomic E-state index is 12.7. The van der Waals surface area contributed by atoms with Gasteiger partial charge in [0.15, 0.2) is 0 Å². The Morgan fingerprint density at radius 2 is 1.70 bits per heavy atom. The molecule has 0 heterocycles. The SMILES string of the molecule is CCOC(=O)c1ccc(NC(=O)/C(C#N)=C/c2cc(I)c(OCc3ccc([N+](=O)[O-])cc3)c(I)c2)cc1. The van der Waals surface area contributed by atoms with Gasteiger partial charge in [0, 0.05) is 17.8 Å². The van der Waals surface area contributed by atoms with Crippen LogP contribution >= 0.6 is 45.2 Å². The number of amides is 1. The number of esters is 1. The van der Waals surface area contributed by atoms with Crippen molar-refractivity contribution >= 4 is 74.5 Å². The molecule has 0 saturated heterocycles. The first-order valence-electron chi connectivity index (χ1n) is 10.8. The van der Waals surface area contributed by atoms with E-state index in [2.05, 4.69) is 50.5 Å². The summed E-state index contributed by atoms with van der Waals surface area (Å²) in [6.45, 7) is 2.20. The van der Waals surface area contributed by atoms with E-state index in [1.165, 1.54) is 30.3 Å². The Morgan fingerprint density at radius 1 is 1.08 bits per heavy atom. The number of nitrogens with one attached hydrogen (secondary N) is 1. The fourth-order valence-corrected chi connectivity index (χ4v) is 5.22. The average Bonchev–Trinajstić information content (AvgIpc) is 2.87. The van der Waals surface area contributed by atoms with E-state index in [-0.39, 0.29) is 24.5 Å². The number of carbonyl (C=O) groups excluding carboxylic acids is 2. The van der Waals surface area contributed by atoms with Gasteiger partial charge in [-0.2, -0.15) is 5.26 Å². The van der Waals surface area contributed by atoms with Gasteiger partial charge < -0.3 is 14.8 Å². The Balaban J connectivity index is 1.70. The molecule has 0 unspecified atom stereocenters. The summed E-state index contributed by atoms with van der Waals surface area (Å²) >= 11 is 4.22. The second-order valence-electron chi connectivity index (χ2n) is 7.45. The Labute approximate surface area is 239 Å². The molecule has 0 fully saturated rings. The van der Waals surface area contributed by atoms with Gasteiger partial charge in [-0.25, -0.2) is 4.79 Å². The summed E-state index contributed by atoms with van der Waals surface area (Å²) in [5.74, 6) is -0.418. The smallest absolute Gasteiger partial charge is 0.338 e. The normalized spacial score (nSPS) is 10.8. The number of nitriles is 1. The lowest BCUT2D eigenvalue weighted by Gasteiger charge is -2.12. The Hall–Kier alpha value is -3.51. The lowest BCUT2D eigenvalue weighted by atomic mass is 10.1. The highest BCUT2D eigenvalue weighted by Gasteiger charge is 2.14. The van der Waals surface area contributed by atoms with Crippen molar-refractivity contribution in [1.82, 2.24) is 0 Å². The van der Waals surface area contributed by atoms with Crippen LogP contribution in [-0.4, -0.2) is 23.4 Å². The molecule has 3 rings (SSSR count). The summed E-state index contributed by atoms with van der Waals surface area (Å²) in [7, 11) is 0. The molecule has 3 aromatic rings. The van der Waals surface area contributed by atoms with E-state index in [1.54, 1.807) is 43.3 Å². The fraction of sp³-hybridized carbons (Fsp3) is 0.115. The van der Waals surface area contributed by atoms with Crippen molar-refractivity contribution in [1.29, 1.82) is 5.26 Å². The van der Waals surface area contributed by atoms with Gasteiger partial charge >= 0.3 is 5.97 Å². The Bertz CT molecular complexity index is 1370. The summed E-state index contributed by atoms with van der Waals surface area (Å²) in [6, 6.07) is 17.8. The molecular formula is C26H19I2N3O6. The summed E-state index contributed by atoms with van der Waals surface area (Å²) < 4.78 is 12.4. The van der Waals surface area contributed by atoms with E-state index in [4.69, 9.17) is 9.47 Å². The van der Waals surface area contributed by atoms with Crippen LogP contribution in [0.1, 0.15) is 28.4 Å². The molecule has 0 aliphatic carbocycles.